The molecule has 0 saturated carbocycles. The average molecular weight is 208 g/mol. The van der Waals surface area contributed by atoms with E-state index in [1.807, 2.05) is 6.92 Å². The van der Waals surface area contributed by atoms with E-state index < -0.39 is 5.97 Å². The Morgan fingerprint density at radius 2 is 2.13 bits per heavy atom. The van der Waals surface area contributed by atoms with E-state index in [0.29, 0.717) is 12.2 Å². The van der Waals surface area contributed by atoms with Gasteiger partial charge in [-0.05, 0) is 13.3 Å². The second kappa shape index (κ2) is 4.63. The number of aromatic carboxylic acids is 1. The van der Waals surface area contributed by atoms with Gasteiger partial charge in [-0.15, -0.1) is 0 Å². The molecular formula is C10H12N2O3. The van der Waals surface area contributed by atoms with Crippen LogP contribution in [0.1, 0.15) is 46.9 Å². The normalized spacial score (nSPS) is 10.0. The van der Waals surface area contributed by atoms with E-state index in [1.54, 1.807) is 0 Å². The van der Waals surface area contributed by atoms with Gasteiger partial charge in [0.05, 0.1) is 5.56 Å². The lowest BCUT2D eigenvalue weighted by molar-refractivity contribution is 0.0685. The summed E-state index contributed by atoms with van der Waals surface area (Å²) in [4.78, 5) is 29.7. The topological polar surface area (TPSA) is 80.2 Å². The molecule has 80 valence electrons. The quantitative estimate of drug-likeness (QED) is 0.755. The molecule has 1 aromatic rings. The van der Waals surface area contributed by atoms with Crippen LogP contribution in [0.15, 0.2) is 6.20 Å². The molecule has 0 saturated heterocycles. The maximum atomic E-state index is 11.1. The summed E-state index contributed by atoms with van der Waals surface area (Å²) in [7, 11) is 0. The zero-order valence-corrected chi connectivity index (χ0v) is 8.65. The number of ketones is 1. The highest BCUT2D eigenvalue weighted by atomic mass is 16.4. The van der Waals surface area contributed by atoms with Crippen molar-refractivity contribution in [3.05, 3.63) is 23.3 Å². The van der Waals surface area contributed by atoms with E-state index >= 15 is 0 Å². The zero-order valence-electron chi connectivity index (χ0n) is 8.65. The lowest BCUT2D eigenvalue weighted by Gasteiger charge is -2.03. The summed E-state index contributed by atoms with van der Waals surface area (Å²) in [5.41, 5.74) is -0.150. The van der Waals surface area contributed by atoms with E-state index in [2.05, 4.69) is 9.97 Å². The van der Waals surface area contributed by atoms with E-state index in [1.165, 1.54) is 13.1 Å². The number of aromatic nitrogens is 2. The lowest BCUT2D eigenvalue weighted by atomic mass is 10.1. The number of aryl methyl sites for hydroxylation is 1. The van der Waals surface area contributed by atoms with Crippen LogP contribution in [-0.2, 0) is 6.42 Å². The first-order valence-electron chi connectivity index (χ1n) is 4.66. The molecule has 15 heavy (non-hydrogen) atoms. The third kappa shape index (κ3) is 2.59. The summed E-state index contributed by atoms with van der Waals surface area (Å²) in [5, 5.41) is 8.86. The monoisotopic (exact) mass is 208 g/mol. The fourth-order valence-corrected chi connectivity index (χ4v) is 1.18. The van der Waals surface area contributed by atoms with E-state index in [9.17, 15) is 9.59 Å². The Morgan fingerprint density at radius 3 is 2.60 bits per heavy atom. The molecule has 1 heterocycles. The number of Topliss-reactive ketones (excluding diaryl/α,β-unsaturated/α-hetero) is 1. The van der Waals surface area contributed by atoms with Gasteiger partial charge >= 0.3 is 5.97 Å². The highest BCUT2D eigenvalue weighted by molar-refractivity contribution is 6.03. The Morgan fingerprint density at radius 1 is 1.47 bits per heavy atom. The van der Waals surface area contributed by atoms with E-state index in [-0.39, 0.29) is 17.0 Å². The summed E-state index contributed by atoms with van der Waals surface area (Å²) < 4.78 is 0. The Bertz CT molecular complexity index is 402. The van der Waals surface area contributed by atoms with Crippen LogP contribution in [0.5, 0.6) is 0 Å². The molecule has 0 aromatic carbocycles. The van der Waals surface area contributed by atoms with Gasteiger partial charge in [-0.1, -0.05) is 6.92 Å². The standard InChI is InChI=1S/C10H12N2O3/c1-3-4-8-11-5-7(6(2)13)9(12-8)10(14)15/h5H,3-4H2,1-2H3,(H,14,15). The maximum Gasteiger partial charge on any atom is 0.355 e. The van der Waals surface area contributed by atoms with Crippen molar-refractivity contribution in [3.8, 4) is 0 Å². The molecule has 0 aliphatic heterocycles. The summed E-state index contributed by atoms with van der Waals surface area (Å²) >= 11 is 0. The predicted octanol–water partition coefficient (Wildman–Crippen LogP) is 1.33. The minimum Gasteiger partial charge on any atom is -0.476 e. The van der Waals surface area contributed by atoms with Crippen molar-refractivity contribution in [1.82, 2.24) is 9.97 Å². The maximum absolute atomic E-state index is 11.1. The van der Waals surface area contributed by atoms with Gasteiger partial charge in [0, 0.05) is 12.6 Å². The Labute approximate surface area is 87.2 Å². The largest absolute Gasteiger partial charge is 0.476 e. The minimum atomic E-state index is -1.19. The first-order chi connectivity index (χ1) is 7.06. The number of carbonyl (C=O) groups excluding carboxylic acids is 1. The average Bonchev–Trinajstić information content (AvgIpc) is 2.17. The number of nitrogens with zero attached hydrogens (tertiary/aromatic N) is 2. The molecule has 0 fully saturated rings. The molecule has 0 spiro atoms. The van der Waals surface area contributed by atoms with Crippen molar-refractivity contribution in [2.75, 3.05) is 0 Å². The molecule has 0 amide bonds. The first-order valence-corrected chi connectivity index (χ1v) is 4.66. The van der Waals surface area contributed by atoms with Crippen molar-refractivity contribution in [3.63, 3.8) is 0 Å². The van der Waals surface area contributed by atoms with Crippen LogP contribution in [0.3, 0.4) is 0 Å². The van der Waals surface area contributed by atoms with Gasteiger partial charge in [0.2, 0.25) is 0 Å². The minimum absolute atomic E-state index is 0.0577. The van der Waals surface area contributed by atoms with Crippen molar-refractivity contribution in [2.24, 2.45) is 0 Å². The highest BCUT2D eigenvalue weighted by Crippen LogP contribution is 2.07. The van der Waals surface area contributed by atoms with E-state index in [0.717, 1.165) is 6.42 Å². The second-order valence-electron chi connectivity index (χ2n) is 3.16. The van der Waals surface area contributed by atoms with Crippen molar-refractivity contribution in [2.45, 2.75) is 26.7 Å². The van der Waals surface area contributed by atoms with Gasteiger partial charge in [0.1, 0.15) is 5.82 Å². The summed E-state index contributed by atoms with van der Waals surface area (Å²) in [6.45, 7) is 3.24. The van der Waals surface area contributed by atoms with Gasteiger partial charge in [0.15, 0.2) is 11.5 Å². The van der Waals surface area contributed by atoms with Gasteiger partial charge < -0.3 is 5.11 Å². The lowest BCUT2D eigenvalue weighted by Crippen LogP contribution is -2.12. The van der Waals surface area contributed by atoms with Gasteiger partial charge in [-0.25, -0.2) is 14.8 Å². The molecule has 1 N–H and O–H groups in total. The van der Waals surface area contributed by atoms with Crippen molar-refractivity contribution in [1.29, 1.82) is 0 Å². The number of carbonyl (C=O) groups is 2. The smallest absolute Gasteiger partial charge is 0.355 e. The fraction of sp³-hybridized carbons (Fsp3) is 0.400. The molecule has 0 radical (unpaired) electrons. The molecule has 0 bridgehead atoms. The summed E-state index contributed by atoms with van der Waals surface area (Å²) in [5.74, 6) is -1.07. The van der Waals surface area contributed by atoms with Crippen LogP contribution in [-0.4, -0.2) is 26.8 Å². The number of carboxylic acids is 1. The van der Waals surface area contributed by atoms with Crippen molar-refractivity contribution < 1.29 is 14.7 Å². The van der Waals surface area contributed by atoms with Crippen LogP contribution in [0.2, 0.25) is 0 Å². The third-order valence-electron chi connectivity index (χ3n) is 1.89. The number of rotatable bonds is 4. The van der Waals surface area contributed by atoms with Crippen LogP contribution in [0.25, 0.3) is 0 Å². The van der Waals surface area contributed by atoms with Gasteiger partial charge in [-0.3, -0.25) is 4.79 Å². The predicted molar refractivity (Wildman–Crippen MR) is 53.0 cm³/mol. The van der Waals surface area contributed by atoms with Crippen LogP contribution < -0.4 is 0 Å². The molecule has 5 heteroatoms. The summed E-state index contributed by atoms with van der Waals surface area (Å²) in [6.07, 6.45) is 2.72. The van der Waals surface area contributed by atoms with Gasteiger partial charge in [0.25, 0.3) is 0 Å². The third-order valence-corrected chi connectivity index (χ3v) is 1.89. The number of hydrogen-bond donors (Lipinski definition) is 1. The van der Waals surface area contributed by atoms with Crippen LogP contribution in [0.4, 0.5) is 0 Å². The Kier molecular flexibility index (Phi) is 3.49. The molecular weight excluding hydrogens is 196 g/mol. The number of carboxylic acid groups (broad SMARTS) is 1. The molecule has 0 aliphatic rings. The molecule has 0 atom stereocenters. The Hall–Kier alpha value is -1.78. The molecule has 5 nitrogen and oxygen atoms in total. The molecule has 0 aliphatic carbocycles. The molecule has 1 aromatic heterocycles. The fourth-order valence-electron chi connectivity index (χ4n) is 1.18. The summed E-state index contributed by atoms with van der Waals surface area (Å²) in [6, 6.07) is 0. The molecule has 1 rings (SSSR count). The molecule has 0 unspecified atom stereocenters. The van der Waals surface area contributed by atoms with Crippen LogP contribution >= 0.6 is 0 Å². The number of hydrogen-bond acceptors (Lipinski definition) is 4. The second-order valence-corrected chi connectivity index (χ2v) is 3.16. The zero-order chi connectivity index (χ0) is 11.4. The van der Waals surface area contributed by atoms with Gasteiger partial charge in [-0.2, -0.15) is 0 Å². The van der Waals surface area contributed by atoms with Crippen molar-refractivity contribution >= 4 is 11.8 Å². The van der Waals surface area contributed by atoms with Crippen LogP contribution in [0, 0.1) is 0 Å². The Balaban J connectivity index is 3.21. The first kappa shape index (κ1) is 11.3. The SMILES string of the molecule is CCCc1ncc(C(C)=O)c(C(=O)O)n1. The van der Waals surface area contributed by atoms with E-state index in [4.69, 9.17) is 5.11 Å². The highest BCUT2D eigenvalue weighted by Gasteiger charge is 2.16.